The number of nitrogens with one attached hydrogen (secondary N) is 1. The number of benzene rings is 3. The van der Waals surface area contributed by atoms with Crippen molar-refractivity contribution in [1.82, 2.24) is 9.55 Å². The van der Waals surface area contributed by atoms with Crippen molar-refractivity contribution >= 4 is 39.9 Å². The average molecular weight is 445 g/mol. The van der Waals surface area contributed by atoms with Crippen molar-refractivity contribution in [3.8, 4) is 0 Å². The van der Waals surface area contributed by atoms with Crippen molar-refractivity contribution in [2.45, 2.75) is 32.9 Å². The van der Waals surface area contributed by atoms with E-state index in [0.29, 0.717) is 5.02 Å². The molecule has 1 amide bonds. The molecule has 5 nitrogen and oxygen atoms in total. The molecule has 0 saturated heterocycles. The Labute approximate surface area is 192 Å². The van der Waals surface area contributed by atoms with Crippen LogP contribution >= 0.6 is 11.6 Å². The molecule has 1 aliphatic rings. The number of hydrogen-bond acceptors (Lipinski definition) is 3. The monoisotopic (exact) mass is 444 g/mol. The van der Waals surface area contributed by atoms with Gasteiger partial charge >= 0.3 is 0 Å². The second-order valence-corrected chi connectivity index (χ2v) is 8.74. The summed E-state index contributed by atoms with van der Waals surface area (Å²) < 4.78 is 2.25. The Morgan fingerprint density at radius 2 is 1.94 bits per heavy atom. The van der Waals surface area contributed by atoms with Crippen LogP contribution in [-0.2, 0) is 17.8 Å². The molecule has 1 N–H and O–H groups in total. The largest absolute Gasteiger partial charge is 0.375 e. The molecule has 162 valence electrons. The van der Waals surface area contributed by atoms with Crippen LogP contribution in [0.3, 0.4) is 0 Å². The molecule has 3 aromatic carbocycles. The highest BCUT2D eigenvalue weighted by Crippen LogP contribution is 2.32. The Morgan fingerprint density at radius 1 is 1.12 bits per heavy atom. The minimum atomic E-state index is -0.0201. The molecule has 0 spiro atoms. The van der Waals surface area contributed by atoms with Crippen LogP contribution in [0.4, 0.5) is 11.4 Å². The van der Waals surface area contributed by atoms with E-state index < -0.39 is 0 Å². The fourth-order valence-electron chi connectivity index (χ4n) is 4.52. The summed E-state index contributed by atoms with van der Waals surface area (Å²) in [6, 6.07) is 22.5. The summed E-state index contributed by atoms with van der Waals surface area (Å²) in [6.07, 6.45) is 0.879. The number of hydrogen-bond donors (Lipinski definition) is 1. The number of nitrogens with zero attached hydrogens (tertiary/aromatic N) is 3. The normalized spacial score (nSPS) is 13.9. The molecule has 0 fully saturated rings. The lowest BCUT2D eigenvalue weighted by molar-refractivity contribution is -0.116. The number of amides is 1. The minimum Gasteiger partial charge on any atom is -0.375 e. The highest BCUT2D eigenvalue weighted by molar-refractivity contribution is 6.31. The summed E-state index contributed by atoms with van der Waals surface area (Å²) in [5.41, 5.74) is 6.41. The zero-order valence-corrected chi connectivity index (χ0v) is 18.9. The molecule has 0 aliphatic carbocycles. The van der Waals surface area contributed by atoms with Gasteiger partial charge in [0.15, 0.2) is 0 Å². The van der Waals surface area contributed by atoms with Gasteiger partial charge < -0.3 is 14.8 Å². The van der Waals surface area contributed by atoms with Gasteiger partial charge in [0, 0.05) is 36.4 Å². The predicted octanol–water partition coefficient (Wildman–Crippen LogP) is 5.82. The molecule has 0 radical (unpaired) electrons. The van der Waals surface area contributed by atoms with Crippen LogP contribution in [0.1, 0.15) is 36.8 Å². The van der Waals surface area contributed by atoms with E-state index in [1.807, 2.05) is 41.3 Å². The van der Waals surface area contributed by atoms with Crippen molar-refractivity contribution in [2.24, 2.45) is 0 Å². The Hall–Kier alpha value is -3.31. The number of fused-ring (bicyclic) bond motifs is 2. The average Bonchev–Trinajstić information content (AvgIpc) is 3.35. The van der Waals surface area contributed by atoms with E-state index in [0.717, 1.165) is 47.7 Å². The van der Waals surface area contributed by atoms with Crippen molar-refractivity contribution in [3.05, 3.63) is 88.7 Å². The van der Waals surface area contributed by atoms with Crippen molar-refractivity contribution in [3.63, 3.8) is 0 Å². The van der Waals surface area contributed by atoms with E-state index >= 15 is 0 Å². The lowest BCUT2D eigenvalue weighted by atomic mass is 10.1. The number of rotatable bonds is 5. The molecule has 0 saturated carbocycles. The summed E-state index contributed by atoms with van der Waals surface area (Å²) in [5.74, 6) is 1.04. The first-order valence-electron chi connectivity index (χ1n) is 10.9. The molecule has 1 unspecified atom stereocenters. The zero-order chi connectivity index (χ0) is 22.2. The van der Waals surface area contributed by atoms with Crippen LogP contribution in [0.5, 0.6) is 0 Å². The molecular weight excluding hydrogens is 420 g/mol. The van der Waals surface area contributed by atoms with Gasteiger partial charge in [0.1, 0.15) is 5.82 Å². The number of aromatic nitrogens is 2. The fourth-order valence-corrected chi connectivity index (χ4v) is 4.68. The van der Waals surface area contributed by atoms with Gasteiger partial charge in [-0.1, -0.05) is 41.9 Å². The van der Waals surface area contributed by atoms with E-state index in [1.54, 1.807) is 6.92 Å². The zero-order valence-electron chi connectivity index (χ0n) is 18.2. The van der Waals surface area contributed by atoms with E-state index in [-0.39, 0.29) is 11.9 Å². The SMILES string of the molecule is CC(=O)N1CCc2cc(NC(C)c3nc4cc(Cl)ccc4n3Cc3ccccc3)ccc21. The lowest BCUT2D eigenvalue weighted by Gasteiger charge is -2.19. The molecule has 6 heteroatoms. The Bertz CT molecular complexity index is 1300. The maximum Gasteiger partial charge on any atom is 0.223 e. The van der Waals surface area contributed by atoms with Gasteiger partial charge in [-0.3, -0.25) is 4.79 Å². The first kappa shape index (κ1) is 20.6. The molecule has 32 heavy (non-hydrogen) atoms. The smallest absolute Gasteiger partial charge is 0.223 e. The quantitative estimate of drug-likeness (QED) is 0.422. The third-order valence-corrected chi connectivity index (χ3v) is 6.28. The second-order valence-electron chi connectivity index (χ2n) is 8.30. The Balaban J connectivity index is 1.47. The third-order valence-electron chi connectivity index (χ3n) is 6.05. The van der Waals surface area contributed by atoms with Gasteiger partial charge in [-0.2, -0.15) is 0 Å². The molecular formula is C26H25ClN4O. The van der Waals surface area contributed by atoms with Gasteiger partial charge in [-0.05, 0) is 60.9 Å². The van der Waals surface area contributed by atoms with Crippen LogP contribution in [0.2, 0.25) is 5.02 Å². The van der Waals surface area contributed by atoms with Gasteiger partial charge in [0.2, 0.25) is 5.91 Å². The summed E-state index contributed by atoms with van der Waals surface area (Å²) >= 11 is 6.25. The summed E-state index contributed by atoms with van der Waals surface area (Å²) in [7, 11) is 0. The van der Waals surface area contributed by atoms with E-state index in [2.05, 4.69) is 47.1 Å². The molecule has 2 heterocycles. The minimum absolute atomic E-state index is 0.0201. The molecule has 0 bridgehead atoms. The number of halogens is 1. The van der Waals surface area contributed by atoms with Crippen LogP contribution in [0, 0.1) is 0 Å². The van der Waals surface area contributed by atoms with Gasteiger partial charge in [-0.15, -0.1) is 0 Å². The topological polar surface area (TPSA) is 50.2 Å². The number of anilines is 2. The number of carbonyl (C=O) groups is 1. The number of imidazole rings is 1. The van der Waals surface area contributed by atoms with Crippen molar-refractivity contribution in [1.29, 1.82) is 0 Å². The van der Waals surface area contributed by atoms with Gasteiger partial charge in [0.25, 0.3) is 0 Å². The lowest BCUT2D eigenvalue weighted by Crippen LogP contribution is -2.25. The maximum absolute atomic E-state index is 11.8. The second kappa shape index (κ2) is 8.32. The molecule has 5 rings (SSSR count). The summed E-state index contributed by atoms with van der Waals surface area (Å²) in [5, 5.41) is 4.30. The van der Waals surface area contributed by atoms with Crippen LogP contribution in [-0.4, -0.2) is 22.0 Å². The van der Waals surface area contributed by atoms with E-state index in [1.165, 1.54) is 11.1 Å². The van der Waals surface area contributed by atoms with Crippen LogP contribution in [0.25, 0.3) is 11.0 Å². The number of carbonyl (C=O) groups excluding carboxylic acids is 1. The van der Waals surface area contributed by atoms with E-state index in [9.17, 15) is 4.79 Å². The summed E-state index contributed by atoms with van der Waals surface area (Å²) in [4.78, 5) is 18.6. The highest BCUT2D eigenvalue weighted by Gasteiger charge is 2.23. The standard InChI is InChI=1S/C26H25ClN4O/c1-17(28-22-9-11-24-20(14-22)12-13-30(24)18(2)32)26-29-23-15-21(27)8-10-25(23)31(26)16-19-6-4-3-5-7-19/h3-11,14-15,17,28H,12-13,16H2,1-2H3. The Kier molecular flexibility index (Phi) is 5.35. The van der Waals surface area contributed by atoms with Crippen molar-refractivity contribution in [2.75, 3.05) is 16.8 Å². The predicted molar refractivity (Wildman–Crippen MR) is 130 cm³/mol. The summed E-state index contributed by atoms with van der Waals surface area (Å²) in [6.45, 7) is 5.22. The third kappa shape index (κ3) is 3.84. The molecule has 1 aliphatic heterocycles. The van der Waals surface area contributed by atoms with Crippen LogP contribution < -0.4 is 10.2 Å². The van der Waals surface area contributed by atoms with Gasteiger partial charge in [0.05, 0.1) is 17.1 Å². The van der Waals surface area contributed by atoms with Crippen LogP contribution in [0.15, 0.2) is 66.7 Å². The molecule has 4 aromatic rings. The highest BCUT2D eigenvalue weighted by atomic mass is 35.5. The maximum atomic E-state index is 11.8. The first-order chi connectivity index (χ1) is 15.5. The van der Waals surface area contributed by atoms with E-state index in [4.69, 9.17) is 16.6 Å². The first-order valence-corrected chi connectivity index (χ1v) is 11.2. The Morgan fingerprint density at radius 3 is 2.72 bits per heavy atom. The van der Waals surface area contributed by atoms with Crippen molar-refractivity contribution < 1.29 is 4.79 Å². The molecule has 1 atom stereocenters. The fraction of sp³-hybridized carbons (Fsp3) is 0.231. The molecule has 1 aromatic heterocycles. The van der Waals surface area contributed by atoms with Gasteiger partial charge in [-0.25, -0.2) is 4.98 Å².